The Kier molecular flexibility index (Phi) is 2.19. The fourth-order valence-electron chi connectivity index (χ4n) is 2.12. The van der Waals surface area contributed by atoms with Gasteiger partial charge in [0.25, 0.3) is 5.52 Å². The summed E-state index contributed by atoms with van der Waals surface area (Å²) < 4.78 is 6.94. The van der Waals surface area contributed by atoms with E-state index in [9.17, 15) is 10.1 Å². The summed E-state index contributed by atoms with van der Waals surface area (Å²) in [4.78, 5) is 12.3. The summed E-state index contributed by atoms with van der Waals surface area (Å²) in [6.07, 6.45) is 0. The van der Waals surface area contributed by atoms with E-state index in [4.69, 9.17) is 4.74 Å². The molecule has 0 unspecified atom stereocenters. The molecule has 1 aromatic heterocycles. The average molecular weight is 243 g/mol. The van der Waals surface area contributed by atoms with Crippen molar-refractivity contribution < 1.29 is 14.4 Å². The molecular weight excluding hydrogens is 232 g/mol. The maximum absolute atomic E-state index is 12.3. The second kappa shape index (κ2) is 3.73. The van der Waals surface area contributed by atoms with Gasteiger partial charge in [-0.2, -0.15) is 4.73 Å². The van der Waals surface area contributed by atoms with Crippen LogP contribution in [0, 0.1) is 4.91 Å². The lowest BCUT2D eigenvalue weighted by Crippen LogP contribution is -2.20. The van der Waals surface area contributed by atoms with Crippen molar-refractivity contribution in [2.45, 2.75) is 0 Å². The Bertz CT molecular complexity index is 808. The van der Waals surface area contributed by atoms with Crippen molar-refractivity contribution in [3.63, 3.8) is 0 Å². The first-order valence-corrected chi connectivity index (χ1v) is 5.46. The Balaban J connectivity index is 2.68. The number of hydrogen-bond donors (Lipinski definition) is 1. The van der Waals surface area contributed by atoms with Crippen LogP contribution < -0.4 is 9.16 Å². The van der Waals surface area contributed by atoms with Crippen molar-refractivity contribution in [2.24, 2.45) is 0 Å². The molecule has 90 valence electrons. The second-order valence-corrected chi connectivity index (χ2v) is 3.92. The minimum atomic E-state index is 0.307. The van der Waals surface area contributed by atoms with E-state index in [-0.39, 0.29) is 0 Å². The standard InChI is InChI=1S/C13H11N2O3/c1-18-12-8-4-7-11-13(12)15(17)10-6-3-2-5-9(10)14(11)16/h2-8,16H,1H3/q+1. The Morgan fingerprint density at radius 3 is 2.61 bits per heavy atom. The van der Waals surface area contributed by atoms with E-state index in [0.717, 1.165) is 9.16 Å². The van der Waals surface area contributed by atoms with Crippen LogP contribution in [0.1, 0.15) is 0 Å². The molecule has 3 rings (SSSR count). The van der Waals surface area contributed by atoms with Crippen molar-refractivity contribution in [3.05, 3.63) is 47.4 Å². The Morgan fingerprint density at radius 1 is 1.11 bits per heavy atom. The van der Waals surface area contributed by atoms with E-state index in [0.29, 0.717) is 27.8 Å². The van der Waals surface area contributed by atoms with Crippen LogP contribution in [0.3, 0.4) is 0 Å². The van der Waals surface area contributed by atoms with Gasteiger partial charge in [-0.05, 0) is 18.2 Å². The topological polar surface area (TPSA) is 57.4 Å². The number of nitrogens with zero attached hydrogens (tertiary/aromatic N) is 2. The van der Waals surface area contributed by atoms with Crippen LogP contribution in [0.25, 0.3) is 22.1 Å². The fraction of sp³-hybridized carbons (Fsp3) is 0.0769. The van der Waals surface area contributed by atoms with Crippen molar-refractivity contribution in [2.75, 3.05) is 7.11 Å². The van der Waals surface area contributed by atoms with Gasteiger partial charge in [-0.15, -0.1) is 0 Å². The van der Waals surface area contributed by atoms with Crippen molar-refractivity contribution in [1.29, 1.82) is 0 Å². The van der Waals surface area contributed by atoms with Gasteiger partial charge in [-0.3, -0.25) is 0 Å². The molecule has 0 saturated carbocycles. The average Bonchev–Trinajstić information content (AvgIpc) is 2.44. The van der Waals surface area contributed by atoms with Crippen LogP contribution in [0.5, 0.6) is 5.75 Å². The monoisotopic (exact) mass is 243 g/mol. The van der Waals surface area contributed by atoms with E-state index in [1.165, 1.54) is 7.11 Å². The third-order valence-corrected chi connectivity index (χ3v) is 2.96. The van der Waals surface area contributed by atoms with E-state index >= 15 is 0 Å². The zero-order valence-corrected chi connectivity index (χ0v) is 9.70. The molecular formula is C13H11N2O3+. The highest BCUT2D eigenvalue weighted by atomic mass is 16.5. The molecule has 0 spiro atoms. The Hall–Kier alpha value is -2.56. The number of para-hydroxylation sites is 3. The minimum absolute atomic E-state index is 0.307. The molecule has 3 aromatic rings. The smallest absolute Gasteiger partial charge is 0.331 e. The van der Waals surface area contributed by atoms with Gasteiger partial charge < -0.3 is 9.94 Å². The highest BCUT2D eigenvalue weighted by Gasteiger charge is 2.21. The predicted octanol–water partition coefficient (Wildman–Crippen LogP) is 1.95. The first-order valence-electron chi connectivity index (χ1n) is 5.46. The second-order valence-electron chi connectivity index (χ2n) is 3.92. The number of benzene rings is 2. The lowest BCUT2D eigenvalue weighted by atomic mass is 10.2. The SMILES string of the molecule is COc1cccc2c1[n+](=O)c1ccccc1n2O. The fourth-order valence-corrected chi connectivity index (χ4v) is 2.12. The zero-order valence-electron chi connectivity index (χ0n) is 9.70. The first kappa shape index (κ1) is 10.6. The highest BCUT2D eigenvalue weighted by Crippen LogP contribution is 2.23. The summed E-state index contributed by atoms with van der Waals surface area (Å²) in [5, 5.41) is 10.2. The summed E-state index contributed by atoms with van der Waals surface area (Å²) in [7, 11) is 1.49. The molecule has 1 N–H and O–H groups in total. The van der Waals surface area contributed by atoms with Crippen molar-refractivity contribution in [3.8, 4) is 5.75 Å². The Labute approximate surface area is 102 Å². The van der Waals surface area contributed by atoms with E-state index < -0.39 is 0 Å². The molecule has 5 heteroatoms. The molecule has 0 fully saturated rings. The molecule has 18 heavy (non-hydrogen) atoms. The van der Waals surface area contributed by atoms with Gasteiger partial charge in [-0.1, -0.05) is 18.2 Å². The molecule has 0 bridgehead atoms. The van der Waals surface area contributed by atoms with Crippen LogP contribution in [-0.4, -0.2) is 17.0 Å². The van der Waals surface area contributed by atoms with Gasteiger partial charge in [0, 0.05) is 11.0 Å². The molecule has 0 radical (unpaired) electrons. The van der Waals surface area contributed by atoms with Crippen LogP contribution in [-0.2, 0) is 0 Å². The normalized spacial score (nSPS) is 10.9. The number of methoxy groups -OCH3 is 1. The molecule has 0 saturated heterocycles. The van der Waals surface area contributed by atoms with E-state index in [2.05, 4.69) is 0 Å². The molecule has 0 amide bonds. The van der Waals surface area contributed by atoms with Gasteiger partial charge >= 0.3 is 5.52 Å². The summed E-state index contributed by atoms with van der Waals surface area (Å²) in [6.45, 7) is 0. The van der Waals surface area contributed by atoms with Crippen LogP contribution in [0.4, 0.5) is 0 Å². The quantitative estimate of drug-likeness (QED) is 0.404. The maximum Gasteiger partial charge on any atom is 0.331 e. The summed E-state index contributed by atoms with van der Waals surface area (Å²) in [6, 6.07) is 11.9. The largest absolute Gasteiger partial charge is 0.490 e. The van der Waals surface area contributed by atoms with Crippen molar-refractivity contribution in [1.82, 2.24) is 4.73 Å². The van der Waals surface area contributed by atoms with E-state index in [1.54, 1.807) is 42.5 Å². The summed E-state index contributed by atoms with van der Waals surface area (Å²) in [5.41, 5.74) is 1.55. The maximum atomic E-state index is 12.3. The zero-order chi connectivity index (χ0) is 12.7. The number of fused-ring (bicyclic) bond motifs is 2. The van der Waals surface area contributed by atoms with Gasteiger partial charge in [0.1, 0.15) is 0 Å². The molecule has 0 atom stereocenters. The lowest BCUT2D eigenvalue weighted by Gasteiger charge is -2.04. The highest BCUT2D eigenvalue weighted by molar-refractivity contribution is 5.85. The van der Waals surface area contributed by atoms with Gasteiger partial charge in [0.05, 0.1) is 11.5 Å². The molecule has 0 aliphatic carbocycles. The van der Waals surface area contributed by atoms with Crippen molar-refractivity contribution >= 4 is 22.1 Å². The summed E-state index contributed by atoms with van der Waals surface area (Å²) in [5.74, 6) is 0.427. The van der Waals surface area contributed by atoms with Crippen LogP contribution in [0.2, 0.25) is 0 Å². The molecule has 1 heterocycles. The first-order chi connectivity index (χ1) is 8.74. The molecule has 5 nitrogen and oxygen atoms in total. The predicted molar refractivity (Wildman–Crippen MR) is 66.5 cm³/mol. The lowest BCUT2D eigenvalue weighted by molar-refractivity contribution is -0.433. The van der Waals surface area contributed by atoms with Crippen LogP contribution in [0.15, 0.2) is 42.5 Å². The minimum Gasteiger partial charge on any atom is -0.490 e. The third-order valence-electron chi connectivity index (χ3n) is 2.96. The van der Waals surface area contributed by atoms with E-state index in [1.807, 2.05) is 0 Å². The number of aromatic nitrogens is 2. The summed E-state index contributed by atoms with van der Waals surface area (Å²) >= 11 is 0. The molecule has 0 aliphatic heterocycles. The third kappa shape index (κ3) is 1.27. The Morgan fingerprint density at radius 2 is 1.83 bits per heavy atom. The number of hydrogen-bond acceptors (Lipinski definition) is 3. The van der Waals surface area contributed by atoms with Gasteiger partial charge in [-0.25, -0.2) is 0 Å². The number of ether oxygens (including phenoxy) is 1. The van der Waals surface area contributed by atoms with Crippen LogP contribution >= 0.6 is 0 Å². The number of rotatable bonds is 1. The molecule has 0 aliphatic rings. The van der Waals surface area contributed by atoms with Gasteiger partial charge in [0.2, 0.25) is 0 Å². The molecule has 2 aromatic carbocycles. The van der Waals surface area contributed by atoms with Gasteiger partial charge in [0.15, 0.2) is 16.8 Å².